The van der Waals surface area contributed by atoms with Gasteiger partial charge in [-0.25, -0.2) is 8.78 Å². The molecule has 0 unspecified atom stereocenters. The minimum Gasteiger partial charge on any atom is -0.316 e. The summed E-state index contributed by atoms with van der Waals surface area (Å²) in [6.07, 6.45) is 1.65. The fourth-order valence-corrected chi connectivity index (χ4v) is 1.59. The maximum atomic E-state index is 13.5. The van der Waals surface area contributed by atoms with Crippen molar-refractivity contribution in [3.63, 3.8) is 0 Å². The summed E-state index contributed by atoms with van der Waals surface area (Å²) in [5.74, 6) is -0.942. The van der Waals surface area contributed by atoms with E-state index in [2.05, 4.69) is 10.3 Å². The van der Waals surface area contributed by atoms with Crippen molar-refractivity contribution < 1.29 is 8.78 Å². The van der Waals surface area contributed by atoms with E-state index >= 15 is 0 Å². The molecule has 0 saturated heterocycles. The van der Waals surface area contributed by atoms with E-state index in [4.69, 9.17) is 0 Å². The third-order valence-corrected chi connectivity index (χ3v) is 2.41. The Kier molecular flexibility index (Phi) is 3.44. The Bertz CT molecular complexity index is 509. The lowest BCUT2D eigenvalue weighted by Crippen LogP contribution is -2.05. The third kappa shape index (κ3) is 2.65. The average Bonchev–Trinajstić information content (AvgIpc) is 2.34. The van der Waals surface area contributed by atoms with Crippen molar-refractivity contribution in [1.29, 1.82) is 0 Å². The predicted octanol–water partition coefficient (Wildman–Crippen LogP) is 2.75. The summed E-state index contributed by atoms with van der Waals surface area (Å²) in [5, 5.41) is 2.99. The van der Waals surface area contributed by atoms with E-state index in [1.807, 2.05) is 13.1 Å². The number of rotatable bonds is 3. The van der Waals surface area contributed by atoms with Crippen molar-refractivity contribution in [2.24, 2.45) is 0 Å². The fourth-order valence-electron chi connectivity index (χ4n) is 1.59. The normalized spacial score (nSPS) is 10.5. The zero-order chi connectivity index (χ0) is 12.3. The highest BCUT2D eigenvalue weighted by atomic mass is 19.1. The molecule has 88 valence electrons. The molecule has 0 aliphatic carbocycles. The molecule has 2 rings (SSSR count). The number of benzene rings is 1. The Morgan fingerprint density at radius 1 is 1.18 bits per heavy atom. The highest BCUT2D eigenvalue weighted by molar-refractivity contribution is 5.59. The summed E-state index contributed by atoms with van der Waals surface area (Å²) in [5.41, 5.74) is 1.61. The van der Waals surface area contributed by atoms with E-state index < -0.39 is 11.6 Å². The van der Waals surface area contributed by atoms with Crippen LogP contribution in [-0.4, -0.2) is 12.0 Å². The quantitative estimate of drug-likeness (QED) is 0.883. The van der Waals surface area contributed by atoms with Crippen LogP contribution in [-0.2, 0) is 6.54 Å². The summed E-state index contributed by atoms with van der Waals surface area (Å²) in [6, 6.07) is 6.87. The van der Waals surface area contributed by atoms with Gasteiger partial charge in [-0.3, -0.25) is 4.98 Å². The van der Waals surface area contributed by atoms with Gasteiger partial charge >= 0.3 is 0 Å². The molecule has 2 nitrogen and oxygen atoms in total. The number of nitrogens with one attached hydrogen (secondary N) is 1. The molecule has 4 heteroatoms. The minimum atomic E-state index is -0.472. The van der Waals surface area contributed by atoms with E-state index in [1.54, 1.807) is 12.3 Å². The van der Waals surface area contributed by atoms with E-state index in [0.717, 1.165) is 23.8 Å². The molecular weight excluding hydrogens is 222 g/mol. The second-order valence-electron chi connectivity index (χ2n) is 3.71. The lowest BCUT2D eigenvalue weighted by atomic mass is 10.1. The molecule has 17 heavy (non-hydrogen) atoms. The van der Waals surface area contributed by atoms with Crippen molar-refractivity contribution >= 4 is 0 Å². The number of halogens is 2. The topological polar surface area (TPSA) is 24.9 Å². The first-order valence-electron chi connectivity index (χ1n) is 5.25. The average molecular weight is 234 g/mol. The molecule has 0 aliphatic rings. The van der Waals surface area contributed by atoms with Crippen molar-refractivity contribution in [1.82, 2.24) is 10.3 Å². The van der Waals surface area contributed by atoms with E-state index in [0.29, 0.717) is 12.2 Å². The summed E-state index contributed by atoms with van der Waals surface area (Å²) >= 11 is 0. The van der Waals surface area contributed by atoms with Crippen LogP contribution in [0.1, 0.15) is 5.56 Å². The minimum absolute atomic E-state index is 0.181. The van der Waals surface area contributed by atoms with Crippen LogP contribution in [0.5, 0.6) is 0 Å². The maximum absolute atomic E-state index is 13.5. The molecule has 0 atom stereocenters. The van der Waals surface area contributed by atoms with Gasteiger partial charge in [0.1, 0.15) is 11.6 Å². The van der Waals surface area contributed by atoms with Crippen LogP contribution in [0, 0.1) is 11.6 Å². The highest BCUT2D eigenvalue weighted by Crippen LogP contribution is 2.21. The van der Waals surface area contributed by atoms with Gasteiger partial charge in [0, 0.05) is 18.3 Å². The molecule has 1 aromatic heterocycles. The summed E-state index contributed by atoms with van der Waals surface area (Å²) in [4.78, 5) is 4.12. The van der Waals surface area contributed by atoms with Gasteiger partial charge < -0.3 is 5.32 Å². The van der Waals surface area contributed by atoms with Crippen molar-refractivity contribution in [3.8, 4) is 11.3 Å². The third-order valence-electron chi connectivity index (χ3n) is 2.41. The van der Waals surface area contributed by atoms with E-state index in [9.17, 15) is 8.78 Å². The molecule has 0 saturated carbocycles. The van der Waals surface area contributed by atoms with Gasteiger partial charge in [0.15, 0.2) is 0 Å². The SMILES string of the molecule is CNCc1ccc(-c2cc(F)ccc2F)nc1. The van der Waals surface area contributed by atoms with Crippen LogP contribution < -0.4 is 5.32 Å². The largest absolute Gasteiger partial charge is 0.316 e. The molecular formula is C13H12F2N2. The van der Waals surface area contributed by atoms with Crippen molar-refractivity contribution in [3.05, 3.63) is 53.7 Å². The van der Waals surface area contributed by atoms with Gasteiger partial charge in [-0.1, -0.05) is 6.07 Å². The lowest BCUT2D eigenvalue weighted by Gasteiger charge is -2.04. The number of aromatic nitrogens is 1. The van der Waals surface area contributed by atoms with Crippen LogP contribution in [0.2, 0.25) is 0 Å². The Morgan fingerprint density at radius 2 is 2.00 bits per heavy atom. The van der Waals surface area contributed by atoms with Crippen molar-refractivity contribution in [2.75, 3.05) is 7.05 Å². The molecule has 2 aromatic rings. The summed E-state index contributed by atoms with van der Waals surface area (Å²) < 4.78 is 26.5. The van der Waals surface area contributed by atoms with Crippen LogP contribution in [0.3, 0.4) is 0 Å². The molecule has 1 heterocycles. The van der Waals surface area contributed by atoms with E-state index in [1.165, 1.54) is 0 Å². The second-order valence-corrected chi connectivity index (χ2v) is 3.71. The molecule has 0 bridgehead atoms. The zero-order valence-electron chi connectivity index (χ0n) is 9.37. The Hall–Kier alpha value is -1.81. The number of nitrogens with zero attached hydrogens (tertiary/aromatic N) is 1. The van der Waals surface area contributed by atoms with Gasteiger partial charge in [0.2, 0.25) is 0 Å². The highest BCUT2D eigenvalue weighted by Gasteiger charge is 2.07. The Balaban J connectivity index is 2.36. The molecule has 1 aromatic carbocycles. The monoisotopic (exact) mass is 234 g/mol. The number of pyridine rings is 1. The smallest absolute Gasteiger partial charge is 0.132 e. The predicted molar refractivity (Wildman–Crippen MR) is 62.4 cm³/mol. The molecule has 0 amide bonds. The van der Waals surface area contributed by atoms with Gasteiger partial charge in [-0.05, 0) is 36.9 Å². The maximum Gasteiger partial charge on any atom is 0.132 e. The fraction of sp³-hybridized carbons (Fsp3) is 0.154. The van der Waals surface area contributed by atoms with E-state index in [-0.39, 0.29) is 5.56 Å². The molecule has 1 N–H and O–H groups in total. The number of hydrogen-bond donors (Lipinski definition) is 1. The zero-order valence-corrected chi connectivity index (χ0v) is 9.37. The Labute approximate surface area is 98.3 Å². The summed E-state index contributed by atoms with van der Waals surface area (Å²) in [6.45, 7) is 0.693. The van der Waals surface area contributed by atoms with Gasteiger partial charge in [-0.2, -0.15) is 0 Å². The molecule has 0 fully saturated rings. The molecule has 0 aliphatic heterocycles. The standard InChI is InChI=1S/C13H12F2N2/c1-16-7-9-2-5-13(17-8-9)11-6-10(14)3-4-12(11)15/h2-6,8,16H,7H2,1H3. The van der Waals surface area contributed by atoms with Crippen LogP contribution >= 0.6 is 0 Å². The van der Waals surface area contributed by atoms with Gasteiger partial charge in [0.05, 0.1) is 5.69 Å². The van der Waals surface area contributed by atoms with Gasteiger partial charge in [0.25, 0.3) is 0 Å². The van der Waals surface area contributed by atoms with Gasteiger partial charge in [-0.15, -0.1) is 0 Å². The Morgan fingerprint density at radius 3 is 2.65 bits per heavy atom. The summed E-state index contributed by atoms with van der Waals surface area (Å²) in [7, 11) is 1.83. The molecule has 0 radical (unpaired) electrons. The first kappa shape index (κ1) is 11.7. The van der Waals surface area contributed by atoms with Crippen LogP contribution in [0.15, 0.2) is 36.5 Å². The van der Waals surface area contributed by atoms with Crippen LogP contribution in [0.4, 0.5) is 8.78 Å². The van der Waals surface area contributed by atoms with Crippen molar-refractivity contribution in [2.45, 2.75) is 6.54 Å². The molecule has 0 spiro atoms. The number of hydrogen-bond acceptors (Lipinski definition) is 2. The second kappa shape index (κ2) is 5.01. The van der Waals surface area contributed by atoms with Crippen LogP contribution in [0.25, 0.3) is 11.3 Å². The first-order chi connectivity index (χ1) is 8.20. The lowest BCUT2D eigenvalue weighted by molar-refractivity contribution is 0.602. The first-order valence-corrected chi connectivity index (χ1v) is 5.25.